The molecule has 0 bridgehead atoms. The van der Waals surface area contributed by atoms with E-state index in [2.05, 4.69) is 53.1 Å². The van der Waals surface area contributed by atoms with Crippen molar-refractivity contribution in [1.29, 1.82) is 0 Å². The lowest BCUT2D eigenvalue weighted by Gasteiger charge is -2.10. The zero-order valence-corrected chi connectivity index (χ0v) is 30.3. The first-order chi connectivity index (χ1) is 31.6. The monoisotopic (exact) mass is 734 g/mol. The quantitative estimate of drug-likeness (QED) is 0.173. The molecule has 3 nitrogen and oxygen atoms in total. The van der Waals surface area contributed by atoms with Gasteiger partial charge in [0.1, 0.15) is 11.2 Å². The van der Waals surface area contributed by atoms with Crippen molar-refractivity contribution in [1.82, 2.24) is 9.13 Å². The van der Waals surface area contributed by atoms with E-state index in [1.54, 1.807) is 12.1 Å². The van der Waals surface area contributed by atoms with E-state index >= 15 is 0 Å². The van der Waals surface area contributed by atoms with Gasteiger partial charge in [0.25, 0.3) is 0 Å². The highest BCUT2D eigenvalue weighted by Crippen LogP contribution is 2.42. The van der Waals surface area contributed by atoms with Crippen molar-refractivity contribution >= 4 is 65.6 Å². The molecule has 0 aliphatic heterocycles. The molecule has 0 spiro atoms. The highest BCUT2D eigenvalue weighted by atomic mass is 16.3. The van der Waals surface area contributed by atoms with Gasteiger partial charge in [0.05, 0.1) is 33.0 Å². The van der Waals surface area contributed by atoms with Gasteiger partial charge in [-0.25, -0.2) is 0 Å². The molecule has 0 amide bonds. The van der Waals surface area contributed by atoms with E-state index in [1.807, 2.05) is 102 Å². The van der Waals surface area contributed by atoms with Crippen LogP contribution < -0.4 is 0 Å². The molecule has 0 saturated carbocycles. The number of para-hydroxylation sites is 2. The Labute approximate surface area is 340 Å². The fourth-order valence-corrected chi connectivity index (χ4v) is 8.56. The van der Waals surface area contributed by atoms with Crippen molar-refractivity contribution < 1.29 is 15.4 Å². The summed E-state index contributed by atoms with van der Waals surface area (Å²) in [4.78, 5) is 0. The predicted molar refractivity (Wildman–Crippen MR) is 239 cm³/mol. The first kappa shape index (κ1) is 24.7. The van der Waals surface area contributed by atoms with Crippen molar-refractivity contribution in [2.75, 3.05) is 0 Å². The highest BCUT2D eigenvalue weighted by molar-refractivity contribution is 6.17. The van der Waals surface area contributed by atoms with E-state index < -0.39 is 18.1 Å². The van der Waals surface area contributed by atoms with E-state index in [-0.39, 0.29) is 46.9 Å². The molecule has 0 N–H and O–H groups in total. The van der Waals surface area contributed by atoms with E-state index in [1.165, 1.54) is 0 Å². The van der Waals surface area contributed by atoms with Crippen molar-refractivity contribution in [2.45, 2.75) is 0 Å². The number of furan rings is 1. The maximum absolute atomic E-state index is 10.1. The fourth-order valence-electron chi connectivity index (χ4n) is 8.56. The Kier molecular flexibility index (Phi) is 5.40. The molecule has 0 aliphatic rings. The second-order valence-electron chi connectivity index (χ2n) is 14.3. The number of benzene rings is 9. The minimum atomic E-state index is -0.505. The van der Waals surface area contributed by atoms with Crippen molar-refractivity contribution in [3.8, 4) is 44.8 Å². The molecule has 12 rings (SSSR count). The molecule has 0 radical (unpaired) electrons. The lowest BCUT2D eigenvalue weighted by atomic mass is 9.97. The molecule has 3 heterocycles. The molecule has 0 atom stereocenters. The van der Waals surface area contributed by atoms with Gasteiger partial charge in [0.2, 0.25) is 0 Å². The van der Waals surface area contributed by atoms with Crippen LogP contribution in [-0.2, 0) is 0 Å². The van der Waals surface area contributed by atoms with Gasteiger partial charge in [0, 0.05) is 49.8 Å². The van der Waals surface area contributed by atoms with Gasteiger partial charge in [-0.15, -0.1) is 0 Å². The molecule has 0 saturated heterocycles. The normalized spacial score (nSPS) is 13.8. The lowest BCUT2D eigenvalue weighted by molar-refractivity contribution is 0.668. The van der Waals surface area contributed by atoms with Gasteiger partial charge < -0.3 is 13.6 Å². The second kappa shape index (κ2) is 12.5. The zero-order valence-electron chi connectivity index (χ0n) is 38.3. The standard InChI is InChI=1S/C54H34N2O/c1-3-12-35(13-4-1)36-22-26-40(27-23-36)55-48-19-9-7-16-43(48)46-32-38(24-30-49(46)55)39-25-31-50-47(33-39)54-42(37-14-5-2-6-15-37)18-11-20-51(54)56(50)41-28-29-45-44-17-8-10-21-52(44)57-53(45)34-41/h1-34H/i2D,5D,6D,14D,15D,25D,31D,33D. The Morgan fingerprint density at radius 1 is 0.368 bits per heavy atom. The number of hydrogen-bond donors (Lipinski definition) is 0. The fraction of sp³-hybridized carbons (Fsp3) is 0. The molecule has 266 valence electrons. The third-order valence-corrected chi connectivity index (χ3v) is 11.1. The van der Waals surface area contributed by atoms with Crippen LogP contribution in [0, 0.1) is 0 Å². The minimum absolute atomic E-state index is 0.0122. The number of hydrogen-bond acceptors (Lipinski definition) is 1. The van der Waals surface area contributed by atoms with Crippen LogP contribution in [0.15, 0.2) is 210 Å². The van der Waals surface area contributed by atoms with E-state index in [0.29, 0.717) is 38.7 Å². The maximum Gasteiger partial charge on any atom is 0.137 e. The van der Waals surface area contributed by atoms with Gasteiger partial charge in [-0.1, -0.05) is 133 Å². The first-order valence-electron chi connectivity index (χ1n) is 22.9. The van der Waals surface area contributed by atoms with E-state index in [4.69, 9.17) is 11.3 Å². The topological polar surface area (TPSA) is 23.0 Å². The highest BCUT2D eigenvalue weighted by Gasteiger charge is 2.19. The SMILES string of the molecule is [2H]c1c([2H])c([2H])c(-c2cccc3c2c2c([2H])c(-c4ccc5c(c4)c4ccccc4n5-c4ccc(-c5ccccc5)cc4)c([2H])c([2H])c2n3-c2ccc3c(c2)oc2ccccc23)c([2H])c1[2H]. The molecule has 9 aromatic carbocycles. The Hall–Kier alpha value is -7.62. The lowest BCUT2D eigenvalue weighted by Crippen LogP contribution is -1.94. The molecule has 12 aromatic rings. The smallest absolute Gasteiger partial charge is 0.137 e. The van der Waals surface area contributed by atoms with Crippen molar-refractivity contribution in [3.05, 3.63) is 206 Å². The number of aromatic nitrogens is 2. The van der Waals surface area contributed by atoms with Crippen LogP contribution >= 0.6 is 0 Å². The molecular formula is C54H34N2O. The molecule has 3 aromatic heterocycles. The summed E-state index contributed by atoms with van der Waals surface area (Å²) >= 11 is 0. The first-order valence-corrected chi connectivity index (χ1v) is 18.9. The molecule has 57 heavy (non-hydrogen) atoms. The summed E-state index contributed by atoms with van der Waals surface area (Å²) in [5.74, 6) is 0. The van der Waals surface area contributed by atoms with Gasteiger partial charge in [-0.05, 0) is 100 Å². The van der Waals surface area contributed by atoms with Gasteiger partial charge in [-0.3, -0.25) is 0 Å². The molecule has 0 unspecified atom stereocenters. The van der Waals surface area contributed by atoms with Crippen LogP contribution in [0.25, 0.3) is 110 Å². The van der Waals surface area contributed by atoms with Crippen LogP contribution in [0.3, 0.4) is 0 Å². The number of nitrogens with zero attached hydrogens (tertiary/aromatic N) is 2. The Morgan fingerprint density at radius 3 is 1.93 bits per heavy atom. The van der Waals surface area contributed by atoms with Gasteiger partial charge >= 0.3 is 0 Å². The summed E-state index contributed by atoms with van der Waals surface area (Å²) in [5.41, 5.74) is 9.05. The second-order valence-corrected chi connectivity index (χ2v) is 14.3. The van der Waals surface area contributed by atoms with Crippen molar-refractivity contribution in [3.63, 3.8) is 0 Å². The zero-order chi connectivity index (χ0) is 44.4. The number of fused-ring (bicyclic) bond motifs is 9. The molecule has 0 aliphatic carbocycles. The average molecular weight is 735 g/mol. The summed E-state index contributed by atoms with van der Waals surface area (Å²) in [6, 6.07) is 49.1. The third-order valence-electron chi connectivity index (χ3n) is 11.1. The largest absolute Gasteiger partial charge is 0.456 e. The molecular weight excluding hydrogens is 693 g/mol. The Balaban J connectivity index is 1.13. The van der Waals surface area contributed by atoms with Crippen LogP contribution in [-0.4, -0.2) is 9.13 Å². The summed E-state index contributed by atoms with van der Waals surface area (Å²) in [5, 5.41) is 4.52. The minimum Gasteiger partial charge on any atom is -0.456 e. The van der Waals surface area contributed by atoms with Crippen LogP contribution in [0.4, 0.5) is 0 Å². The Bertz CT molecular complexity index is 3950. The third kappa shape index (κ3) is 4.92. The Morgan fingerprint density at radius 2 is 1.05 bits per heavy atom. The summed E-state index contributed by atoms with van der Waals surface area (Å²) in [7, 11) is 0. The van der Waals surface area contributed by atoms with Gasteiger partial charge in [-0.2, -0.15) is 0 Å². The summed E-state index contributed by atoms with van der Waals surface area (Å²) in [6.45, 7) is 0. The molecule has 3 heteroatoms. The van der Waals surface area contributed by atoms with Crippen LogP contribution in [0.5, 0.6) is 0 Å². The van der Waals surface area contributed by atoms with Crippen molar-refractivity contribution in [2.24, 2.45) is 0 Å². The van der Waals surface area contributed by atoms with Crippen LogP contribution in [0.2, 0.25) is 0 Å². The molecule has 0 fully saturated rings. The summed E-state index contributed by atoms with van der Waals surface area (Å²) < 4.78 is 83.5. The average Bonchev–Trinajstić information content (AvgIpc) is 4.00. The van der Waals surface area contributed by atoms with Gasteiger partial charge in [0.15, 0.2) is 0 Å². The van der Waals surface area contributed by atoms with Crippen LogP contribution in [0.1, 0.15) is 11.0 Å². The van der Waals surface area contributed by atoms with E-state index in [0.717, 1.165) is 55.0 Å². The predicted octanol–water partition coefficient (Wildman–Crippen LogP) is 14.8. The maximum atomic E-state index is 10.1. The summed E-state index contributed by atoms with van der Waals surface area (Å²) in [6.07, 6.45) is 0. The number of rotatable bonds is 5. The van der Waals surface area contributed by atoms with E-state index in [9.17, 15) is 4.11 Å².